The zero-order valence-corrected chi connectivity index (χ0v) is 30.2. The van der Waals surface area contributed by atoms with E-state index in [1.54, 1.807) is 33.8 Å². The van der Waals surface area contributed by atoms with Gasteiger partial charge in [-0.3, -0.25) is 19.1 Å². The Bertz CT molecular complexity index is 1760. The second kappa shape index (κ2) is 13.6. The van der Waals surface area contributed by atoms with Crippen LogP contribution < -0.4 is 14.7 Å². The van der Waals surface area contributed by atoms with Crippen LogP contribution in [0.25, 0.3) is 0 Å². The number of hydrogen-bond acceptors (Lipinski definition) is 7. The number of rotatable bonds is 10. The highest BCUT2D eigenvalue weighted by molar-refractivity contribution is 6.72. The predicted octanol–water partition coefficient (Wildman–Crippen LogP) is 5.26. The Morgan fingerprint density at radius 3 is 2.26 bits per heavy atom. The lowest BCUT2D eigenvalue weighted by atomic mass is 9.82. The highest BCUT2D eigenvalue weighted by Crippen LogP contribution is 2.60. The number of carbonyl (C=O) groups is 3. The lowest BCUT2D eigenvalue weighted by molar-refractivity contribution is -0.146. The molecule has 7 rings (SSSR count). The first-order chi connectivity index (χ1) is 24.0. The van der Waals surface area contributed by atoms with E-state index in [1.165, 1.54) is 0 Å². The van der Waals surface area contributed by atoms with Crippen LogP contribution >= 0.6 is 0 Å². The van der Waals surface area contributed by atoms with Crippen LogP contribution in [0.5, 0.6) is 0 Å². The number of aliphatic hydroxyl groups excluding tert-OH is 1. The van der Waals surface area contributed by atoms with Crippen molar-refractivity contribution in [1.82, 2.24) is 15.0 Å². The third kappa shape index (κ3) is 6.17. The van der Waals surface area contributed by atoms with Crippen molar-refractivity contribution < 1.29 is 28.3 Å². The Morgan fingerprint density at radius 1 is 0.960 bits per heavy atom. The van der Waals surface area contributed by atoms with Crippen molar-refractivity contribution in [2.75, 3.05) is 34.4 Å². The van der Waals surface area contributed by atoms with Gasteiger partial charge >= 0.3 is 0 Å². The molecule has 3 fully saturated rings. The van der Waals surface area contributed by atoms with E-state index in [0.29, 0.717) is 62.3 Å². The fraction of sp³-hybridized carbons (Fsp3) is 0.541. The smallest absolute Gasteiger partial charge is 0.264 e. The van der Waals surface area contributed by atoms with Crippen LogP contribution in [0.2, 0.25) is 18.6 Å². The summed E-state index contributed by atoms with van der Waals surface area (Å²) in [5.74, 6) is -0.520. The van der Waals surface area contributed by atoms with E-state index in [9.17, 15) is 19.5 Å². The summed E-state index contributed by atoms with van der Waals surface area (Å²) in [5, 5.41) is 17.6. The Morgan fingerprint density at radius 2 is 1.62 bits per heavy atom. The molecule has 0 bridgehead atoms. The van der Waals surface area contributed by atoms with E-state index in [0.717, 1.165) is 42.6 Å². The van der Waals surface area contributed by atoms with Gasteiger partial charge in [-0.1, -0.05) is 24.3 Å². The van der Waals surface area contributed by atoms with Crippen LogP contribution in [-0.4, -0.2) is 72.0 Å². The molecular weight excluding hydrogens is 656 g/mol. The van der Waals surface area contributed by atoms with Crippen molar-refractivity contribution in [3.05, 3.63) is 65.5 Å². The summed E-state index contributed by atoms with van der Waals surface area (Å²) < 4.78 is 25.1. The molecule has 11 nitrogen and oxygen atoms in total. The van der Waals surface area contributed by atoms with Crippen molar-refractivity contribution in [3.63, 3.8) is 0 Å². The summed E-state index contributed by atoms with van der Waals surface area (Å²) in [7, 11) is -3.39. The molecule has 5 heterocycles. The molecule has 13 heteroatoms. The maximum atomic E-state index is 16.4. The standard InChI is InChI=1S/C37H47FN6O5Si/c1-25-35(50(2,3)38)32(16-20-41-24-27(17-21-45)39-40-41)49-37(25)30-22-29(43-19-7-5-9-34(43)47)14-15-31(30)44(36(37)48)23-26-10-12-28(13-11-26)42-18-6-4-8-33(42)46/h10-15,22,24-25,32,35,45H,4-9,16-21,23H2,1-3H3/t25-,32+,35-,37+/m0/s1. The third-order valence-corrected chi connectivity index (χ3v) is 13.5. The Kier molecular flexibility index (Phi) is 9.42. The first kappa shape index (κ1) is 34.5. The SMILES string of the molecule is C[C@H]1[C@H]([Si](C)(C)F)[C@@H](CCn2cc(CCO)nn2)O[C@]12C(=O)N(Cc1ccc(N3CCCCC3=O)cc1)c1ccc(N3CCCCC3=O)cc12. The second-order valence-electron chi connectivity index (χ2n) is 14.8. The maximum absolute atomic E-state index is 16.4. The summed E-state index contributed by atoms with van der Waals surface area (Å²) in [5.41, 5.74) is 2.61. The molecule has 0 aliphatic carbocycles. The topological polar surface area (TPSA) is 121 Å². The number of benzene rings is 2. The number of aliphatic hydroxyl groups is 1. The Labute approximate surface area is 293 Å². The van der Waals surface area contributed by atoms with Gasteiger partial charge in [0, 0.05) is 80.1 Å². The average Bonchev–Trinajstić information content (AvgIpc) is 3.74. The molecule has 1 spiro atoms. The lowest BCUT2D eigenvalue weighted by Gasteiger charge is -2.32. The largest absolute Gasteiger partial charge is 0.396 e. The maximum Gasteiger partial charge on any atom is 0.264 e. The van der Waals surface area contributed by atoms with Gasteiger partial charge in [-0.25, -0.2) is 0 Å². The lowest BCUT2D eigenvalue weighted by Crippen LogP contribution is -2.45. The number of piperidine rings is 2. The minimum Gasteiger partial charge on any atom is -0.396 e. The number of nitrogens with zero attached hydrogens (tertiary/aromatic N) is 6. The molecule has 4 atom stereocenters. The van der Waals surface area contributed by atoms with Crippen LogP contribution in [-0.2, 0) is 44.2 Å². The van der Waals surface area contributed by atoms with E-state index in [4.69, 9.17) is 4.74 Å². The number of anilines is 3. The summed E-state index contributed by atoms with van der Waals surface area (Å²) in [6.07, 6.45) is 6.73. The van der Waals surface area contributed by atoms with Crippen LogP contribution in [0.1, 0.15) is 68.7 Å². The quantitative estimate of drug-likeness (QED) is 0.226. The van der Waals surface area contributed by atoms with Crippen molar-refractivity contribution in [2.24, 2.45) is 5.92 Å². The number of carbonyl (C=O) groups excluding carboxylic acids is 3. The van der Waals surface area contributed by atoms with Crippen LogP contribution in [0.4, 0.5) is 21.2 Å². The molecule has 3 aromatic rings. The summed E-state index contributed by atoms with van der Waals surface area (Å²) in [6, 6.07) is 13.5. The molecule has 1 N–H and O–H groups in total. The van der Waals surface area contributed by atoms with Crippen molar-refractivity contribution in [3.8, 4) is 0 Å². The number of amides is 3. The summed E-state index contributed by atoms with van der Waals surface area (Å²) in [6.45, 7) is 7.30. The third-order valence-electron chi connectivity index (χ3n) is 11.1. The number of hydrogen-bond donors (Lipinski definition) is 1. The zero-order chi connectivity index (χ0) is 35.2. The van der Waals surface area contributed by atoms with Gasteiger partial charge < -0.3 is 28.7 Å². The molecular formula is C37H47FN6O5Si. The van der Waals surface area contributed by atoms with Gasteiger partial charge in [0.05, 0.1) is 24.0 Å². The highest BCUT2D eigenvalue weighted by atomic mass is 28.4. The van der Waals surface area contributed by atoms with Gasteiger partial charge in [0.2, 0.25) is 20.2 Å². The number of aromatic nitrogens is 3. The zero-order valence-electron chi connectivity index (χ0n) is 29.2. The summed E-state index contributed by atoms with van der Waals surface area (Å²) >= 11 is 0. The van der Waals surface area contributed by atoms with Gasteiger partial charge in [-0.05, 0) is 81.1 Å². The molecule has 2 aromatic carbocycles. The number of fused-ring (bicyclic) bond motifs is 2. The van der Waals surface area contributed by atoms with Crippen molar-refractivity contribution >= 4 is 43.2 Å². The molecule has 0 saturated carbocycles. The fourth-order valence-corrected chi connectivity index (χ4v) is 11.2. The average molecular weight is 703 g/mol. The first-order valence-corrected chi connectivity index (χ1v) is 21.0. The molecule has 1 aromatic heterocycles. The monoisotopic (exact) mass is 702 g/mol. The molecule has 0 radical (unpaired) electrons. The van der Waals surface area contributed by atoms with Gasteiger partial charge in [-0.15, -0.1) is 5.10 Å². The number of halogens is 1. The van der Waals surface area contributed by atoms with E-state index in [-0.39, 0.29) is 30.9 Å². The van der Waals surface area contributed by atoms with Crippen molar-refractivity contribution in [1.29, 1.82) is 0 Å². The van der Waals surface area contributed by atoms with E-state index >= 15 is 4.11 Å². The molecule has 266 valence electrons. The van der Waals surface area contributed by atoms with Gasteiger partial charge in [0.25, 0.3) is 5.91 Å². The van der Waals surface area contributed by atoms with E-state index in [1.807, 2.05) is 54.3 Å². The van der Waals surface area contributed by atoms with Gasteiger partial charge in [-0.2, -0.15) is 0 Å². The predicted molar refractivity (Wildman–Crippen MR) is 190 cm³/mol. The molecule has 50 heavy (non-hydrogen) atoms. The van der Waals surface area contributed by atoms with Crippen LogP contribution in [0, 0.1) is 5.92 Å². The van der Waals surface area contributed by atoms with Gasteiger partial charge in [0.1, 0.15) is 0 Å². The van der Waals surface area contributed by atoms with Gasteiger partial charge in [0.15, 0.2) is 5.60 Å². The van der Waals surface area contributed by atoms with Crippen LogP contribution in [0.15, 0.2) is 48.7 Å². The number of aryl methyl sites for hydroxylation is 1. The molecule has 0 unspecified atom stereocenters. The molecule has 4 aliphatic heterocycles. The minimum atomic E-state index is -3.39. The van der Waals surface area contributed by atoms with Crippen molar-refractivity contribution in [2.45, 2.75) is 102 Å². The van der Waals surface area contributed by atoms with E-state index in [2.05, 4.69) is 10.3 Å². The molecule has 4 aliphatic rings. The summed E-state index contributed by atoms with van der Waals surface area (Å²) in [4.78, 5) is 45.9. The Balaban J connectivity index is 1.24. The normalized spacial score (nSPS) is 25.7. The first-order valence-electron chi connectivity index (χ1n) is 18.0. The highest BCUT2D eigenvalue weighted by Gasteiger charge is 2.66. The molecule has 3 saturated heterocycles. The van der Waals surface area contributed by atoms with Crippen LogP contribution in [0.3, 0.4) is 0 Å². The van der Waals surface area contributed by atoms with E-state index < -0.39 is 31.6 Å². The second-order valence-corrected chi connectivity index (χ2v) is 18.6. The molecule has 3 amide bonds. The number of ether oxygens (including phenoxy) is 1. The fourth-order valence-electron chi connectivity index (χ4n) is 8.69. The Hall–Kier alpha value is -3.94. The minimum absolute atomic E-state index is 0.0283.